The molecule has 1 rings (SSSR count). The molecule has 0 aliphatic carbocycles. The number of anilines is 1. The second-order valence-corrected chi connectivity index (χ2v) is 4.90. The summed E-state index contributed by atoms with van der Waals surface area (Å²) >= 11 is 0. The molecule has 0 aromatic heterocycles. The average molecular weight is 263 g/mol. The van der Waals surface area contributed by atoms with Crippen molar-refractivity contribution in [1.29, 1.82) is 0 Å². The summed E-state index contributed by atoms with van der Waals surface area (Å²) in [5.74, 6) is -0.539. The Hall–Kier alpha value is -1.88. The lowest BCUT2D eigenvalue weighted by molar-refractivity contribution is -0.125. The predicted octanol–water partition coefficient (Wildman–Crippen LogP) is 1.03. The van der Waals surface area contributed by atoms with Crippen LogP contribution in [-0.4, -0.2) is 24.4 Å². The largest absolute Gasteiger partial charge is 0.346 e. The van der Waals surface area contributed by atoms with Gasteiger partial charge in [0.15, 0.2) is 0 Å². The van der Waals surface area contributed by atoms with E-state index in [0.717, 1.165) is 5.56 Å². The number of nitrogens with one attached hydrogen (secondary N) is 2. The van der Waals surface area contributed by atoms with Crippen molar-refractivity contribution in [1.82, 2.24) is 5.32 Å². The summed E-state index contributed by atoms with van der Waals surface area (Å²) in [5, 5.41) is 5.22. The van der Waals surface area contributed by atoms with Crippen LogP contribution in [0, 0.1) is 12.8 Å². The summed E-state index contributed by atoms with van der Waals surface area (Å²) in [6.45, 7) is 5.61. The molecule has 5 heteroatoms. The smallest absolute Gasteiger partial charge is 0.243 e. The fourth-order valence-corrected chi connectivity index (χ4v) is 1.43. The summed E-state index contributed by atoms with van der Waals surface area (Å²) < 4.78 is 0. The van der Waals surface area contributed by atoms with Gasteiger partial charge in [-0.2, -0.15) is 0 Å². The molecule has 0 unspecified atom stereocenters. The zero-order chi connectivity index (χ0) is 14.4. The van der Waals surface area contributed by atoms with Crippen LogP contribution in [0.3, 0.4) is 0 Å². The quantitative estimate of drug-likeness (QED) is 0.742. The Labute approximate surface area is 113 Å². The first-order chi connectivity index (χ1) is 8.90. The highest BCUT2D eigenvalue weighted by molar-refractivity contribution is 5.95. The lowest BCUT2D eigenvalue weighted by Gasteiger charge is -2.15. The van der Waals surface area contributed by atoms with Crippen LogP contribution in [-0.2, 0) is 9.59 Å². The predicted molar refractivity (Wildman–Crippen MR) is 75.6 cm³/mol. The molecule has 0 saturated carbocycles. The number of hydrogen-bond acceptors (Lipinski definition) is 3. The van der Waals surface area contributed by atoms with Crippen molar-refractivity contribution >= 4 is 17.5 Å². The topological polar surface area (TPSA) is 84.2 Å². The zero-order valence-electron chi connectivity index (χ0n) is 11.6. The van der Waals surface area contributed by atoms with Crippen molar-refractivity contribution in [3.05, 3.63) is 29.8 Å². The number of amides is 2. The fraction of sp³-hybridized carbons (Fsp3) is 0.429. The van der Waals surface area contributed by atoms with Crippen molar-refractivity contribution in [3.8, 4) is 0 Å². The molecule has 4 N–H and O–H groups in total. The van der Waals surface area contributed by atoms with E-state index < -0.39 is 6.04 Å². The van der Waals surface area contributed by atoms with Crippen LogP contribution in [0.15, 0.2) is 24.3 Å². The zero-order valence-corrected chi connectivity index (χ0v) is 11.6. The number of carbonyl (C=O) groups excluding carboxylic acids is 2. The third-order valence-corrected chi connectivity index (χ3v) is 2.78. The van der Waals surface area contributed by atoms with E-state index in [1.54, 1.807) is 0 Å². The molecule has 2 amide bonds. The van der Waals surface area contributed by atoms with Crippen LogP contribution in [0.25, 0.3) is 0 Å². The highest BCUT2D eigenvalue weighted by atomic mass is 16.2. The van der Waals surface area contributed by atoms with E-state index in [9.17, 15) is 9.59 Å². The van der Waals surface area contributed by atoms with Gasteiger partial charge in [0, 0.05) is 5.69 Å². The van der Waals surface area contributed by atoms with E-state index in [1.165, 1.54) is 0 Å². The van der Waals surface area contributed by atoms with Crippen LogP contribution < -0.4 is 16.4 Å². The molecule has 1 atom stereocenters. The number of benzene rings is 1. The van der Waals surface area contributed by atoms with E-state index in [0.29, 0.717) is 5.69 Å². The molecule has 1 aromatic rings. The van der Waals surface area contributed by atoms with Gasteiger partial charge in [-0.3, -0.25) is 9.59 Å². The van der Waals surface area contributed by atoms with E-state index in [4.69, 9.17) is 5.73 Å². The first kappa shape index (κ1) is 15.2. The summed E-state index contributed by atoms with van der Waals surface area (Å²) in [6.07, 6.45) is 0. The maximum Gasteiger partial charge on any atom is 0.243 e. The fourth-order valence-electron chi connectivity index (χ4n) is 1.43. The van der Waals surface area contributed by atoms with Crippen molar-refractivity contribution in [2.24, 2.45) is 11.7 Å². The van der Waals surface area contributed by atoms with Crippen molar-refractivity contribution in [3.63, 3.8) is 0 Å². The maximum atomic E-state index is 11.6. The Balaban J connectivity index is 2.40. The molecule has 0 heterocycles. The van der Waals surface area contributed by atoms with Gasteiger partial charge in [-0.1, -0.05) is 31.5 Å². The minimum absolute atomic E-state index is 0.0418. The van der Waals surface area contributed by atoms with Gasteiger partial charge in [-0.15, -0.1) is 0 Å². The lowest BCUT2D eigenvalue weighted by Crippen LogP contribution is -2.46. The Kier molecular flexibility index (Phi) is 5.51. The molecular weight excluding hydrogens is 242 g/mol. The number of hydrogen-bond donors (Lipinski definition) is 3. The number of rotatable bonds is 5. The molecule has 0 spiro atoms. The van der Waals surface area contributed by atoms with Crippen molar-refractivity contribution < 1.29 is 9.59 Å². The Morgan fingerprint density at radius 2 is 1.79 bits per heavy atom. The molecule has 0 aliphatic heterocycles. The molecule has 1 aromatic carbocycles. The standard InChI is InChI=1S/C14H21N3O2/c1-9(2)13(15)14(19)16-8-12(18)17-11-6-4-10(3)5-7-11/h4-7,9,13H,8,15H2,1-3H3,(H,16,19)(H,17,18)/t13-/m0/s1. The van der Waals surface area contributed by atoms with Crippen LogP contribution in [0.5, 0.6) is 0 Å². The highest BCUT2D eigenvalue weighted by Gasteiger charge is 2.17. The minimum atomic E-state index is -0.591. The summed E-state index contributed by atoms with van der Waals surface area (Å²) in [5.41, 5.74) is 7.50. The normalized spacial score (nSPS) is 12.1. The second kappa shape index (κ2) is 6.89. The first-order valence-corrected chi connectivity index (χ1v) is 6.30. The van der Waals surface area contributed by atoms with Crippen molar-refractivity contribution in [2.45, 2.75) is 26.8 Å². The summed E-state index contributed by atoms with van der Waals surface area (Å²) in [6, 6.07) is 6.85. The van der Waals surface area contributed by atoms with E-state index in [2.05, 4.69) is 10.6 Å². The van der Waals surface area contributed by atoms with E-state index in [1.807, 2.05) is 45.0 Å². The summed E-state index contributed by atoms with van der Waals surface area (Å²) in [4.78, 5) is 23.2. The van der Waals surface area contributed by atoms with Gasteiger partial charge in [0.05, 0.1) is 12.6 Å². The van der Waals surface area contributed by atoms with Gasteiger partial charge in [-0.05, 0) is 25.0 Å². The third-order valence-electron chi connectivity index (χ3n) is 2.78. The molecule has 0 saturated heterocycles. The molecule has 0 bridgehead atoms. The van der Waals surface area contributed by atoms with E-state index in [-0.39, 0.29) is 24.3 Å². The van der Waals surface area contributed by atoms with Gasteiger partial charge in [0.1, 0.15) is 0 Å². The minimum Gasteiger partial charge on any atom is -0.346 e. The highest BCUT2D eigenvalue weighted by Crippen LogP contribution is 2.07. The Morgan fingerprint density at radius 1 is 1.21 bits per heavy atom. The molecule has 19 heavy (non-hydrogen) atoms. The molecule has 5 nitrogen and oxygen atoms in total. The molecule has 0 radical (unpaired) electrons. The van der Waals surface area contributed by atoms with Crippen molar-refractivity contribution in [2.75, 3.05) is 11.9 Å². The van der Waals surface area contributed by atoms with Gasteiger partial charge >= 0.3 is 0 Å². The molecule has 104 valence electrons. The molecular formula is C14H21N3O2. The average Bonchev–Trinajstić information content (AvgIpc) is 2.37. The van der Waals surface area contributed by atoms with Crippen LogP contribution in [0.4, 0.5) is 5.69 Å². The molecule has 0 fully saturated rings. The van der Waals surface area contributed by atoms with E-state index >= 15 is 0 Å². The monoisotopic (exact) mass is 263 g/mol. The SMILES string of the molecule is Cc1ccc(NC(=O)CNC(=O)[C@@H](N)C(C)C)cc1. The van der Waals surface area contributed by atoms with Gasteiger partial charge in [0.2, 0.25) is 11.8 Å². The summed E-state index contributed by atoms with van der Waals surface area (Å²) in [7, 11) is 0. The molecule has 0 aliphatic rings. The second-order valence-electron chi connectivity index (χ2n) is 4.90. The Bertz CT molecular complexity index is 441. The van der Waals surface area contributed by atoms with Gasteiger partial charge in [-0.25, -0.2) is 0 Å². The third kappa shape index (κ3) is 5.09. The van der Waals surface area contributed by atoms with Gasteiger partial charge in [0.25, 0.3) is 0 Å². The number of aryl methyl sites for hydroxylation is 1. The number of nitrogens with two attached hydrogens (primary N) is 1. The maximum absolute atomic E-state index is 11.6. The lowest BCUT2D eigenvalue weighted by atomic mass is 10.1. The Morgan fingerprint density at radius 3 is 2.32 bits per heavy atom. The van der Waals surface area contributed by atoms with Crippen LogP contribution >= 0.6 is 0 Å². The van der Waals surface area contributed by atoms with Crippen LogP contribution in [0.1, 0.15) is 19.4 Å². The number of carbonyl (C=O) groups is 2. The van der Waals surface area contributed by atoms with Crippen LogP contribution in [0.2, 0.25) is 0 Å². The first-order valence-electron chi connectivity index (χ1n) is 6.30. The van der Waals surface area contributed by atoms with Gasteiger partial charge < -0.3 is 16.4 Å².